The largest absolute Gasteiger partial charge is 0.465 e. The van der Waals surface area contributed by atoms with Crippen LogP contribution in [0.5, 0.6) is 0 Å². The van der Waals surface area contributed by atoms with Crippen molar-refractivity contribution in [1.29, 1.82) is 0 Å². The number of carbonyl (C=O) groups is 2. The van der Waals surface area contributed by atoms with Gasteiger partial charge >= 0.3 is 5.97 Å². The highest BCUT2D eigenvalue weighted by Gasteiger charge is 2.17. The summed E-state index contributed by atoms with van der Waals surface area (Å²) < 4.78 is 4.63. The molecule has 0 saturated heterocycles. The van der Waals surface area contributed by atoms with Gasteiger partial charge in [0, 0.05) is 17.2 Å². The Balaban J connectivity index is 3.10. The number of hydrogen-bond acceptors (Lipinski definition) is 4. The van der Waals surface area contributed by atoms with Crippen LogP contribution in [-0.4, -0.2) is 19.0 Å². The van der Waals surface area contributed by atoms with Crippen molar-refractivity contribution in [2.45, 2.75) is 20.3 Å². The van der Waals surface area contributed by atoms with Crippen LogP contribution in [0, 0.1) is 0 Å². The lowest BCUT2D eigenvalue weighted by Gasteiger charge is -2.05. The predicted octanol–water partition coefficient (Wildman–Crippen LogP) is 2.06. The van der Waals surface area contributed by atoms with Crippen molar-refractivity contribution in [2.75, 3.05) is 12.4 Å². The van der Waals surface area contributed by atoms with Gasteiger partial charge in [-0.3, -0.25) is 4.79 Å². The van der Waals surface area contributed by atoms with E-state index in [0.29, 0.717) is 11.3 Å². The predicted molar refractivity (Wildman–Crippen MR) is 59.3 cm³/mol. The van der Waals surface area contributed by atoms with Crippen molar-refractivity contribution >= 4 is 28.9 Å². The topological polar surface area (TPSA) is 55.4 Å². The van der Waals surface area contributed by atoms with Crippen LogP contribution in [0.25, 0.3) is 0 Å². The van der Waals surface area contributed by atoms with E-state index in [1.165, 1.54) is 25.4 Å². The van der Waals surface area contributed by atoms with E-state index in [0.717, 1.165) is 11.3 Å². The maximum absolute atomic E-state index is 11.4. The normalized spacial score (nSPS) is 9.80. The zero-order valence-electron chi connectivity index (χ0n) is 8.92. The smallest absolute Gasteiger partial charge is 0.340 e. The number of thiophene rings is 1. The summed E-state index contributed by atoms with van der Waals surface area (Å²) >= 11 is 1.45. The van der Waals surface area contributed by atoms with E-state index in [-0.39, 0.29) is 5.91 Å². The van der Waals surface area contributed by atoms with E-state index >= 15 is 0 Å². The number of ether oxygens (including phenoxy) is 1. The molecule has 5 heteroatoms. The quantitative estimate of drug-likeness (QED) is 0.804. The lowest BCUT2D eigenvalue weighted by molar-refractivity contribution is -0.114. The van der Waals surface area contributed by atoms with E-state index in [9.17, 15) is 9.59 Å². The number of hydrogen-bond donors (Lipinski definition) is 1. The Morgan fingerprint density at radius 3 is 2.67 bits per heavy atom. The number of nitrogens with one attached hydrogen (secondary N) is 1. The van der Waals surface area contributed by atoms with Crippen LogP contribution in [0.15, 0.2) is 5.38 Å². The van der Waals surface area contributed by atoms with Gasteiger partial charge in [0.2, 0.25) is 5.91 Å². The van der Waals surface area contributed by atoms with E-state index in [1.807, 2.05) is 6.92 Å². The molecule has 0 bridgehead atoms. The molecular formula is C10H13NO3S. The van der Waals surface area contributed by atoms with Gasteiger partial charge in [-0.15, -0.1) is 11.3 Å². The van der Waals surface area contributed by atoms with Crippen LogP contribution in [0.4, 0.5) is 5.69 Å². The maximum atomic E-state index is 11.4. The fourth-order valence-electron chi connectivity index (χ4n) is 1.23. The molecule has 15 heavy (non-hydrogen) atoms. The molecule has 0 aliphatic carbocycles. The van der Waals surface area contributed by atoms with Crippen LogP contribution in [-0.2, 0) is 16.0 Å². The molecule has 1 rings (SSSR count). The third kappa shape index (κ3) is 2.56. The van der Waals surface area contributed by atoms with Crippen molar-refractivity contribution in [3.8, 4) is 0 Å². The molecule has 0 radical (unpaired) electrons. The number of methoxy groups -OCH3 is 1. The van der Waals surface area contributed by atoms with Gasteiger partial charge in [0.25, 0.3) is 0 Å². The van der Waals surface area contributed by atoms with Crippen molar-refractivity contribution in [3.05, 3.63) is 15.8 Å². The van der Waals surface area contributed by atoms with Crippen LogP contribution < -0.4 is 5.32 Å². The van der Waals surface area contributed by atoms with Gasteiger partial charge < -0.3 is 10.1 Å². The Kier molecular flexibility index (Phi) is 3.85. The Morgan fingerprint density at radius 2 is 2.20 bits per heavy atom. The summed E-state index contributed by atoms with van der Waals surface area (Å²) in [5.74, 6) is -0.608. The number of anilines is 1. The van der Waals surface area contributed by atoms with Gasteiger partial charge in [0.15, 0.2) is 0 Å². The number of amides is 1. The molecule has 0 aliphatic rings. The van der Waals surface area contributed by atoms with Gasteiger partial charge in [0.1, 0.15) is 0 Å². The van der Waals surface area contributed by atoms with Gasteiger partial charge in [-0.2, -0.15) is 0 Å². The van der Waals surface area contributed by atoms with E-state index in [4.69, 9.17) is 0 Å². The SMILES string of the molecule is CCc1scc(C(=O)OC)c1NC(C)=O. The Morgan fingerprint density at radius 1 is 1.53 bits per heavy atom. The summed E-state index contributed by atoms with van der Waals surface area (Å²) in [6, 6.07) is 0. The molecular weight excluding hydrogens is 214 g/mol. The van der Waals surface area contributed by atoms with E-state index in [2.05, 4.69) is 10.1 Å². The fourth-order valence-corrected chi connectivity index (χ4v) is 2.15. The van der Waals surface area contributed by atoms with Gasteiger partial charge in [0.05, 0.1) is 18.4 Å². The molecule has 0 fully saturated rings. The number of rotatable bonds is 3. The summed E-state index contributed by atoms with van der Waals surface area (Å²) in [5.41, 5.74) is 1.01. The minimum atomic E-state index is -0.422. The maximum Gasteiger partial charge on any atom is 0.340 e. The highest BCUT2D eigenvalue weighted by atomic mass is 32.1. The Labute approximate surface area is 92.2 Å². The van der Waals surface area contributed by atoms with Crippen molar-refractivity contribution in [2.24, 2.45) is 0 Å². The van der Waals surface area contributed by atoms with Crippen molar-refractivity contribution in [3.63, 3.8) is 0 Å². The second-order valence-corrected chi connectivity index (χ2v) is 3.94. The summed E-state index contributed by atoms with van der Waals surface area (Å²) in [7, 11) is 1.32. The first-order valence-corrected chi connectivity index (χ1v) is 5.44. The molecule has 82 valence electrons. The molecule has 0 aromatic carbocycles. The Hall–Kier alpha value is -1.36. The Bertz CT molecular complexity index is 384. The van der Waals surface area contributed by atoms with Gasteiger partial charge in [-0.25, -0.2) is 4.79 Å². The molecule has 0 aliphatic heterocycles. The molecule has 0 unspecified atom stereocenters. The van der Waals surface area contributed by atoms with Crippen LogP contribution in [0.1, 0.15) is 29.1 Å². The molecule has 4 nitrogen and oxygen atoms in total. The molecule has 1 amide bonds. The van der Waals surface area contributed by atoms with Crippen LogP contribution >= 0.6 is 11.3 Å². The molecule has 0 spiro atoms. The van der Waals surface area contributed by atoms with Gasteiger partial charge in [-0.1, -0.05) is 6.92 Å². The zero-order chi connectivity index (χ0) is 11.4. The molecule has 0 atom stereocenters. The first-order chi connectivity index (χ1) is 7.10. The first kappa shape index (κ1) is 11.7. The monoisotopic (exact) mass is 227 g/mol. The molecule has 1 heterocycles. The van der Waals surface area contributed by atoms with Crippen LogP contribution in [0.2, 0.25) is 0 Å². The summed E-state index contributed by atoms with van der Waals surface area (Å²) in [4.78, 5) is 23.3. The molecule has 0 saturated carbocycles. The lowest BCUT2D eigenvalue weighted by atomic mass is 10.2. The minimum absolute atomic E-state index is 0.187. The number of aryl methyl sites for hydroxylation is 1. The molecule has 1 N–H and O–H groups in total. The number of esters is 1. The van der Waals surface area contributed by atoms with E-state index in [1.54, 1.807) is 5.38 Å². The minimum Gasteiger partial charge on any atom is -0.465 e. The van der Waals surface area contributed by atoms with Crippen molar-refractivity contribution < 1.29 is 14.3 Å². The summed E-state index contributed by atoms with van der Waals surface area (Å²) in [6.45, 7) is 3.39. The average molecular weight is 227 g/mol. The third-order valence-electron chi connectivity index (χ3n) is 1.89. The van der Waals surface area contributed by atoms with Crippen molar-refractivity contribution in [1.82, 2.24) is 0 Å². The third-order valence-corrected chi connectivity index (χ3v) is 3.03. The lowest BCUT2D eigenvalue weighted by Crippen LogP contribution is -2.11. The molecule has 1 aromatic rings. The second-order valence-electron chi connectivity index (χ2n) is 2.97. The fraction of sp³-hybridized carbons (Fsp3) is 0.400. The summed E-state index contributed by atoms with van der Waals surface area (Å²) in [5, 5.41) is 4.36. The zero-order valence-corrected chi connectivity index (χ0v) is 9.73. The highest BCUT2D eigenvalue weighted by Crippen LogP contribution is 2.29. The summed E-state index contributed by atoms with van der Waals surface area (Å²) in [6.07, 6.45) is 0.775. The van der Waals surface area contributed by atoms with Crippen LogP contribution in [0.3, 0.4) is 0 Å². The first-order valence-electron chi connectivity index (χ1n) is 4.56. The average Bonchev–Trinajstić information content (AvgIpc) is 2.59. The van der Waals surface area contributed by atoms with E-state index < -0.39 is 5.97 Å². The second kappa shape index (κ2) is 4.93. The highest BCUT2D eigenvalue weighted by molar-refractivity contribution is 7.11. The van der Waals surface area contributed by atoms with Gasteiger partial charge in [-0.05, 0) is 6.42 Å². The standard InChI is InChI=1S/C10H13NO3S/c1-4-8-9(11-6(2)12)7(5-15-8)10(13)14-3/h5H,4H2,1-3H3,(H,11,12). The number of carbonyl (C=O) groups excluding carboxylic acids is 2. The molecule has 1 aromatic heterocycles.